The molecule has 4 rings (SSSR count). The van der Waals surface area contributed by atoms with Crippen molar-refractivity contribution in [1.82, 2.24) is 4.90 Å². The van der Waals surface area contributed by atoms with E-state index in [0.717, 1.165) is 57.4 Å². The first-order valence-corrected chi connectivity index (χ1v) is 8.25. The molecular weight excluding hydrogens is 292 g/mol. The minimum atomic E-state index is 0.676. The third kappa shape index (κ3) is 2.79. The van der Waals surface area contributed by atoms with Gasteiger partial charge in [0, 0.05) is 49.9 Å². The molecule has 0 aliphatic carbocycles. The number of amidine groups is 1. The van der Waals surface area contributed by atoms with Crippen molar-refractivity contribution in [1.29, 1.82) is 0 Å². The second kappa shape index (κ2) is 6.20. The lowest BCUT2D eigenvalue weighted by molar-refractivity contribution is 0.122. The summed E-state index contributed by atoms with van der Waals surface area (Å²) in [6.07, 6.45) is 0.873. The van der Waals surface area contributed by atoms with Crippen LogP contribution in [0.4, 0.5) is 5.69 Å². The van der Waals surface area contributed by atoms with Gasteiger partial charge in [0.05, 0.1) is 25.5 Å². The molecule has 0 amide bonds. The number of oxime groups is 1. The van der Waals surface area contributed by atoms with Crippen molar-refractivity contribution < 1.29 is 9.57 Å². The Hall–Kier alpha value is -2.08. The zero-order valence-corrected chi connectivity index (χ0v) is 13.5. The molecule has 0 N–H and O–H groups in total. The maximum absolute atomic E-state index is 5.51. The van der Waals surface area contributed by atoms with Crippen molar-refractivity contribution in [3.63, 3.8) is 0 Å². The number of benzene rings is 1. The summed E-state index contributed by atoms with van der Waals surface area (Å²) >= 11 is 0. The highest BCUT2D eigenvalue weighted by Gasteiger charge is 2.23. The van der Waals surface area contributed by atoms with Gasteiger partial charge in [0.1, 0.15) is 12.4 Å². The van der Waals surface area contributed by atoms with Crippen molar-refractivity contribution in [3.8, 4) is 0 Å². The normalized spacial score (nSPS) is 21.3. The maximum atomic E-state index is 5.51. The maximum Gasteiger partial charge on any atom is 0.130 e. The molecule has 3 heterocycles. The van der Waals surface area contributed by atoms with Gasteiger partial charge in [-0.3, -0.25) is 4.99 Å². The van der Waals surface area contributed by atoms with Gasteiger partial charge < -0.3 is 19.4 Å². The van der Waals surface area contributed by atoms with E-state index in [4.69, 9.17) is 9.57 Å². The number of rotatable bonds is 3. The summed E-state index contributed by atoms with van der Waals surface area (Å²) in [4.78, 5) is 14.5. The van der Waals surface area contributed by atoms with Gasteiger partial charge in [-0.25, -0.2) is 0 Å². The average molecular weight is 314 g/mol. The van der Waals surface area contributed by atoms with Crippen molar-refractivity contribution in [2.75, 3.05) is 57.9 Å². The van der Waals surface area contributed by atoms with Gasteiger partial charge in [0.15, 0.2) is 0 Å². The predicted molar refractivity (Wildman–Crippen MR) is 90.6 cm³/mol. The van der Waals surface area contributed by atoms with Crippen LogP contribution in [0.25, 0.3) is 0 Å². The highest BCUT2D eigenvalue weighted by molar-refractivity contribution is 6.08. The first-order valence-electron chi connectivity index (χ1n) is 8.25. The number of anilines is 1. The van der Waals surface area contributed by atoms with Gasteiger partial charge in [0.25, 0.3) is 0 Å². The molecule has 6 nitrogen and oxygen atoms in total. The smallest absolute Gasteiger partial charge is 0.130 e. The second-order valence-corrected chi connectivity index (χ2v) is 6.08. The highest BCUT2D eigenvalue weighted by atomic mass is 16.6. The summed E-state index contributed by atoms with van der Waals surface area (Å²) in [5, 5.41) is 4.22. The van der Waals surface area contributed by atoms with Crippen LogP contribution in [-0.4, -0.2) is 69.5 Å². The molecule has 0 aromatic heterocycles. The van der Waals surface area contributed by atoms with Crippen LogP contribution in [0.3, 0.4) is 0 Å². The monoisotopic (exact) mass is 314 g/mol. The molecule has 6 heteroatoms. The number of morpholine rings is 1. The van der Waals surface area contributed by atoms with E-state index in [1.54, 1.807) is 0 Å². The summed E-state index contributed by atoms with van der Waals surface area (Å²) in [5.74, 6) is 1.08. The van der Waals surface area contributed by atoms with E-state index in [1.807, 2.05) is 0 Å². The van der Waals surface area contributed by atoms with Crippen LogP contribution in [0.1, 0.15) is 17.5 Å². The Kier molecular flexibility index (Phi) is 3.91. The Balaban J connectivity index is 1.74. The first kappa shape index (κ1) is 14.5. The number of ether oxygens (including phenoxy) is 1. The van der Waals surface area contributed by atoms with E-state index < -0.39 is 0 Å². The van der Waals surface area contributed by atoms with Crippen molar-refractivity contribution >= 4 is 17.2 Å². The lowest BCUT2D eigenvalue weighted by Gasteiger charge is -2.31. The molecule has 0 saturated carbocycles. The largest absolute Gasteiger partial charge is 0.395 e. The van der Waals surface area contributed by atoms with E-state index in [-0.39, 0.29) is 0 Å². The molecule has 1 aromatic carbocycles. The van der Waals surface area contributed by atoms with Gasteiger partial charge in [-0.2, -0.15) is 0 Å². The summed E-state index contributed by atoms with van der Waals surface area (Å²) < 4.78 is 5.51. The number of aliphatic imine (C=N–C) groups is 1. The van der Waals surface area contributed by atoms with Crippen LogP contribution >= 0.6 is 0 Å². The molecule has 0 radical (unpaired) electrons. The van der Waals surface area contributed by atoms with Crippen LogP contribution < -0.4 is 4.90 Å². The Morgan fingerprint density at radius 1 is 1.09 bits per heavy atom. The van der Waals surface area contributed by atoms with E-state index in [2.05, 4.69) is 45.2 Å². The molecule has 1 saturated heterocycles. The van der Waals surface area contributed by atoms with E-state index in [1.165, 1.54) is 16.8 Å². The number of nitrogens with zero attached hydrogens (tertiary/aromatic N) is 4. The third-order valence-corrected chi connectivity index (χ3v) is 4.58. The summed E-state index contributed by atoms with van der Waals surface area (Å²) in [7, 11) is 2.10. The fourth-order valence-corrected chi connectivity index (χ4v) is 3.32. The van der Waals surface area contributed by atoms with Gasteiger partial charge in [0.2, 0.25) is 0 Å². The molecule has 1 fully saturated rings. The Morgan fingerprint density at radius 3 is 2.65 bits per heavy atom. The van der Waals surface area contributed by atoms with Crippen molar-refractivity contribution in [2.24, 2.45) is 10.1 Å². The van der Waals surface area contributed by atoms with Crippen molar-refractivity contribution in [2.45, 2.75) is 6.42 Å². The molecule has 0 bridgehead atoms. The Morgan fingerprint density at radius 2 is 1.96 bits per heavy atom. The van der Waals surface area contributed by atoms with Crippen LogP contribution in [0.15, 0.2) is 28.3 Å². The lowest BCUT2D eigenvalue weighted by atomic mass is 10.0. The van der Waals surface area contributed by atoms with Gasteiger partial charge >= 0.3 is 0 Å². The van der Waals surface area contributed by atoms with E-state index in [0.29, 0.717) is 6.61 Å². The molecule has 0 spiro atoms. The van der Waals surface area contributed by atoms with Gasteiger partial charge in [-0.05, 0) is 6.07 Å². The fraction of sp³-hybridized carbons (Fsp3) is 0.529. The van der Waals surface area contributed by atoms with Gasteiger partial charge in [-0.1, -0.05) is 17.3 Å². The fourth-order valence-electron chi connectivity index (χ4n) is 3.32. The highest BCUT2D eigenvalue weighted by Crippen LogP contribution is 2.27. The number of hydrogen-bond donors (Lipinski definition) is 0. The zero-order valence-electron chi connectivity index (χ0n) is 13.5. The summed E-state index contributed by atoms with van der Waals surface area (Å²) in [6, 6.07) is 6.57. The predicted octanol–water partition coefficient (Wildman–Crippen LogP) is 1.34. The van der Waals surface area contributed by atoms with Crippen LogP contribution in [0.2, 0.25) is 0 Å². The topological polar surface area (TPSA) is 49.7 Å². The quantitative estimate of drug-likeness (QED) is 0.845. The molecule has 3 aliphatic rings. The number of hydrogen-bond acceptors (Lipinski definition) is 6. The standard InChI is InChI=1S/C17H22N4O2/c1-20-6-5-18-17(20)13-2-3-14(15-4-9-23-19-15)16(12-13)21-7-10-22-11-8-21/h2-3,12H,4-11H2,1H3. The molecular formula is C17H22N4O2. The molecule has 122 valence electrons. The molecule has 1 aromatic rings. The molecule has 0 atom stereocenters. The van der Waals surface area contributed by atoms with Crippen LogP contribution in [0, 0.1) is 0 Å². The van der Waals surface area contributed by atoms with Crippen molar-refractivity contribution in [3.05, 3.63) is 29.3 Å². The Bertz CT molecular complexity index is 650. The minimum absolute atomic E-state index is 0.676. The molecule has 23 heavy (non-hydrogen) atoms. The summed E-state index contributed by atoms with van der Waals surface area (Å²) in [6.45, 7) is 5.90. The van der Waals surface area contributed by atoms with E-state index in [9.17, 15) is 0 Å². The first-order chi connectivity index (χ1) is 11.3. The van der Waals surface area contributed by atoms with Crippen LogP contribution in [0.5, 0.6) is 0 Å². The summed E-state index contributed by atoms with van der Waals surface area (Å²) in [5.41, 5.74) is 4.61. The SMILES string of the molecule is CN1CCN=C1c1ccc(C2=NOCC2)c(N2CCOCC2)c1. The average Bonchev–Trinajstić information content (AvgIpc) is 3.27. The Labute approximate surface area is 136 Å². The third-order valence-electron chi connectivity index (χ3n) is 4.58. The van der Waals surface area contributed by atoms with Crippen LogP contribution in [-0.2, 0) is 9.57 Å². The lowest BCUT2D eigenvalue weighted by Crippen LogP contribution is -2.37. The minimum Gasteiger partial charge on any atom is -0.395 e. The second-order valence-electron chi connectivity index (χ2n) is 6.08. The molecule has 3 aliphatic heterocycles. The molecule has 0 unspecified atom stereocenters. The number of likely N-dealkylation sites (N-methyl/N-ethyl adjacent to an activating group) is 1. The van der Waals surface area contributed by atoms with E-state index >= 15 is 0 Å². The van der Waals surface area contributed by atoms with Gasteiger partial charge in [-0.15, -0.1) is 0 Å². The zero-order chi connectivity index (χ0) is 15.6.